The molecule has 27 heavy (non-hydrogen) atoms. The Balaban J connectivity index is 2.03. The topological polar surface area (TPSA) is 3.24 Å². The number of benzene rings is 2. The second kappa shape index (κ2) is 9.24. The molecule has 1 aliphatic carbocycles. The lowest BCUT2D eigenvalue weighted by Gasteiger charge is -2.32. The van der Waals surface area contributed by atoms with Crippen LogP contribution >= 0.6 is 19.7 Å². The Hall–Kier alpha value is -1.34. The standard InChI is InChI=1S/C24H30NPS/c1-18(2)27-24-22(19(3)25(4)5)16-17-23(24)26(20-12-8-6-9-13-20)21-14-10-7-11-15-21/h6-19,24H,1-5H3. The average Bonchev–Trinajstić information content (AvgIpc) is 3.05. The van der Waals surface area contributed by atoms with E-state index in [1.54, 1.807) is 5.31 Å². The number of rotatable bonds is 7. The smallest absolute Gasteiger partial charge is 0.0537 e. The lowest BCUT2D eigenvalue weighted by atomic mass is 10.1. The first kappa shape index (κ1) is 20.4. The molecule has 0 aliphatic heterocycles. The summed E-state index contributed by atoms with van der Waals surface area (Å²) in [6, 6.07) is 22.5. The first-order chi connectivity index (χ1) is 13.0. The van der Waals surface area contributed by atoms with Crippen molar-refractivity contribution in [2.45, 2.75) is 37.3 Å². The summed E-state index contributed by atoms with van der Waals surface area (Å²) in [5, 5.41) is 5.49. The molecule has 1 nitrogen and oxygen atoms in total. The van der Waals surface area contributed by atoms with E-state index < -0.39 is 7.92 Å². The summed E-state index contributed by atoms with van der Waals surface area (Å²) in [4.78, 5) is 2.32. The van der Waals surface area contributed by atoms with Crippen LogP contribution in [0, 0.1) is 0 Å². The van der Waals surface area contributed by atoms with Gasteiger partial charge in [-0.1, -0.05) is 86.7 Å². The maximum Gasteiger partial charge on any atom is 0.0537 e. The van der Waals surface area contributed by atoms with Gasteiger partial charge in [0.25, 0.3) is 0 Å². The maximum absolute atomic E-state index is 2.42. The fourth-order valence-corrected chi connectivity index (χ4v) is 7.53. The fourth-order valence-electron chi connectivity index (χ4n) is 3.40. The molecule has 3 heteroatoms. The zero-order valence-corrected chi connectivity index (χ0v) is 18.7. The number of likely N-dealkylation sites (N-methyl/N-ethyl adjacent to an activating group) is 1. The second-order valence-corrected chi connectivity index (χ2v) is 11.4. The molecule has 0 fully saturated rings. The molecule has 0 saturated carbocycles. The van der Waals surface area contributed by atoms with E-state index in [0.717, 1.165) is 0 Å². The van der Waals surface area contributed by atoms with Crippen molar-refractivity contribution >= 4 is 30.3 Å². The van der Waals surface area contributed by atoms with Crippen LogP contribution in [0.5, 0.6) is 0 Å². The highest BCUT2D eigenvalue weighted by atomic mass is 32.2. The monoisotopic (exact) mass is 395 g/mol. The van der Waals surface area contributed by atoms with Gasteiger partial charge in [0.15, 0.2) is 0 Å². The Kier molecular flexibility index (Phi) is 6.98. The predicted molar refractivity (Wildman–Crippen MR) is 125 cm³/mol. The third kappa shape index (κ3) is 4.74. The van der Waals surface area contributed by atoms with Gasteiger partial charge in [-0.3, -0.25) is 0 Å². The summed E-state index contributed by atoms with van der Waals surface area (Å²) in [6.07, 6.45) is 4.81. The molecule has 0 N–H and O–H groups in total. The van der Waals surface area contributed by atoms with Gasteiger partial charge in [-0.25, -0.2) is 0 Å². The molecular formula is C24H30NPS. The molecule has 1 aliphatic rings. The minimum Gasteiger partial charge on any atom is -0.303 e. The normalized spacial score (nSPS) is 18.1. The van der Waals surface area contributed by atoms with Crippen LogP contribution in [0.1, 0.15) is 20.8 Å². The average molecular weight is 396 g/mol. The van der Waals surface area contributed by atoms with Crippen molar-refractivity contribution in [1.82, 2.24) is 4.90 Å². The van der Waals surface area contributed by atoms with Gasteiger partial charge in [0, 0.05) is 6.04 Å². The zero-order valence-electron chi connectivity index (χ0n) is 17.0. The van der Waals surface area contributed by atoms with Crippen LogP contribution < -0.4 is 10.6 Å². The van der Waals surface area contributed by atoms with Crippen molar-refractivity contribution in [3.8, 4) is 0 Å². The van der Waals surface area contributed by atoms with Crippen LogP contribution in [0.2, 0.25) is 0 Å². The van der Waals surface area contributed by atoms with Crippen molar-refractivity contribution in [2.24, 2.45) is 0 Å². The van der Waals surface area contributed by atoms with Crippen molar-refractivity contribution in [1.29, 1.82) is 0 Å². The van der Waals surface area contributed by atoms with Gasteiger partial charge >= 0.3 is 0 Å². The van der Waals surface area contributed by atoms with E-state index in [2.05, 4.69) is 124 Å². The van der Waals surface area contributed by atoms with E-state index >= 15 is 0 Å². The van der Waals surface area contributed by atoms with Gasteiger partial charge in [-0.15, -0.1) is 11.8 Å². The summed E-state index contributed by atoms with van der Waals surface area (Å²) in [5.74, 6) is 0. The maximum atomic E-state index is 2.42. The van der Waals surface area contributed by atoms with E-state index in [9.17, 15) is 0 Å². The number of hydrogen-bond acceptors (Lipinski definition) is 2. The first-order valence-corrected chi connectivity index (χ1v) is 11.9. The SMILES string of the molecule is CC(C)SC1C(C(C)N(C)C)=CC=C1P(c1ccccc1)c1ccccc1. The van der Waals surface area contributed by atoms with Gasteiger partial charge in [-0.05, 0) is 55.7 Å². The summed E-state index contributed by atoms with van der Waals surface area (Å²) in [6.45, 7) is 6.95. The minimum absolute atomic E-state index is 0.443. The molecule has 0 amide bonds. The van der Waals surface area contributed by atoms with Gasteiger partial charge in [0.1, 0.15) is 0 Å². The lowest BCUT2D eigenvalue weighted by molar-refractivity contribution is 0.349. The van der Waals surface area contributed by atoms with Crippen LogP contribution in [0.3, 0.4) is 0 Å². The molecule has 3 rings (SSSR count). The van der Waals surface area contributed by atoms with Crippen molar-refractivity contribution in [2.75, 3.05) is 14.1 Å². The van der Waals surface area contributed by atoms with E-state index in [-0.39, 0.29) is 0 Å². The van der Waals surface area contributed by atoms with Crippen LogP contribution in [-0.2, 0) is 0 Å². The van der Waals surface area contributed by atoms with Crippen LogP contribution in [0.15, 0.2) is 83.7 Å². The Morgan fingerprint density at radius 3 is 1.78 bits per heavy atom. The molecule has 2 atom stereocenters. The number of nitrogens with zero attached hydrogens (tertiary/aromatic N) is 1. The van der Waals surface area contributed by atoms with Crippen LogP contribution in [0.25, 0.3) is 0 Å². The highest BCUT2D eigenvalue weighted by molar-refractivity contribution is 8.01. The molecule has 0 heterocycles. The van der Waals surface area contributed by atoms with Crippen LogP contribution in [0.4, 0.5) is 0 Å². The number of thioether (sulfide) groups is 1. The van der Waals surface area contributed by atoms with E-state index in [1.807, 2.05) is 0 Å². The molecular weight excluding hydrogens is 365 g/mol. The van der Waals surface area contributed by atoms with Crippen molar-refractivity contribution < 1.29 is 0 Å². The Labute approximate surface area is 170 Å². The number of allylic oxidation sites excluding steroid dienone is 2. The van der Waals surface area contributed by atoms with Crippen LogP contribution in [-0.4, -0.2) is 35.5 Å². The molecule has 2 aromatic carbocycles. The Bertz CT molecular complexity index is 756. The van der Waals surface area contributed by atoms with Gasteiger partial charge in [-0.2, -0.15) is 0 Å². The Morgan fingerprint density at radius 1 is 0.815 bits per heavy atom. The molecule has 0 bridgehead atoms. The molecule has 0 spiro atoms. The largest absolute Gasteiger partial charge is 0.303 e. The molecule has 0 aromatic heterocycles. The van der Waals surface area contributed by atoms with Crippen molar-refractivity contribution in [3.05, 3.63) is 83.7 Å². The number of hydrogen-bond donors (Lipinski definition) is 0. The summed E-state index contributed by atoms with van der Waals surface area (Å²) >= 11 is 2.09. The van der Waals surface area contributed by atoms with Gasteiger partial charge in [0.2, 0.25) is 0 Å². The third-order valence-corrected chi connectivity index (χ3v) is 9.04. The molecule has 2 aromatic rings. The van der Waals surface area contributed by atoms with Gasteiger partial charge in [0.05, 0.1) is 5.25 Å². The predicted octanol–water partition coefficient (Wildman–Crippen LogP) is 5.40. The van der Waals surface area contributed by atoms with E-state index in [1.165, 1.54) is 16.2 Å². The summed E-state index contributed by atoms with van der Waals surface area (Å²) in [7, 11) is 3.83. The van der Waals surface area contributed by atoms with E-state index in [0.29, 0.717) is 16.5 Å². The summed E-state index contributed by atoms with van der Waals surface area (Å²) < 4.78 is 0. The van der Waals surface area contributed by atoms with Gasteiger partial charge < -0.3 is 4.90 Å². The summed E-state index contributed by atoms with van der Waals surface area (Å²) in [5.41, 5.74) is 1.54. The zero-order chi connectivity index (χ0) is 19.4. The molecule has 0 radical (unpaired) electrons. The van der Waals surface area contributed by atoms with E-state index in [4.69, 9.17) is 0 Å². The fraction of sp³-hybridized carbons (Fsp3) is 0.333. The lowest BCUT2D eigenvalue weighted by Crippen LogP contribution is -2.31. The quantitative estimate of drug-likeness (QED) is 0.577. The van der Waals surface area contributed by atoms with Crippen molar-refractivity contribution in [3.63, 3.8) is 0 Å². The molecule has 2 unspecified atom stereocenters. The molecule has 142 valence electrons. The highest BCUT2D eigenvalue weighted by Gasteiger charge is 2.34. The molecule has 0 saturated heterocycles. The minimum atomic E-state index is -0.523. The third-order valence-electron chi connectivity index (χ3n) is 4.97. The second-order valence-electron chi connectivity index (χ2n) is 7.47. The highest BCUT2D eigenvalue weighted by Crippen LogP contribution is 2.53. The Morgan fingerprint density at radius 2 is 1.33 bits per heavy atom. The first-order valence-electron chi connectivity index (χ1n) is 9.62.